The van der Waals surface area contributed by atoms with Crippen LogP contribution < -0.4 is 10.1 Å². The number of nitrogens with one attached hydrogen (secondary N) is 1. The smallest absolute Gasteiger partial charge is 0.343 e. The molecule has 1 saturated carbocycles. The maximum atomic E-state index is 13.0. The molecule has 30 heavy (non-hydrogen) atoms. The minimum atomic E-state index is -1.01. The molecule has 1 aliphatic rings. The van der Waals surface area contributed by atoms with Crippen molar-refractivity contribution in [1.29, 1.82) is 0 Å². The van der Waals surface area contributed by atoms with Gasteiger partial charge in [-0.25, -0.2) is 4.79 Å². The van der Waals surface area contributed by atoms with Crippen LogP contribution >= 0.6 is 0 Å². The molecule has 1 atom stereocenters. The Hall–Kier alpha value is -3.60. The molecule has 1 amide bonds. The van der Waals surface area contributed by atoms with E-state index in [1.165, 1.54) is 0 Å². The van der Waals surface area contributed by atoms with Crippen molar-refractivity contribution in [3.05, 3.63) is 102 Å². The zero-order valence-corrected chi connectivity index (χ0v) is 16.5. The number of hydrogen-bond acceptors (Lipinski definition) is 4. The Morgan fingerprint density at radius 2 is 1.50 bits per heavy atom. The van der Waals surface area contributed by atoms with Crippen LogP contribution in [0, 0.1) is 0 Å². The van der Waals surface area contributed by atoms with E-state index in [9.17, 15) is 9.59 Å². The lowest BCUT2D eigenvalue weighted by atomic mass is 10.1. The standard InChI is InChI=1S/C25H23NO4/c27-24(26-20-15-16-20)23(19-11-5-2-6-12-19)30-25(28)21-13-7-8-14-22(21)29-17-18-9-3-1-4-10-18/h1-14,20,23H,15-17H2,(H,26,27)/t23-/m0/s1. The molecule has 0 heterocycles. The largest absolute Gasteiger partial charge is 0.488 e. The first-order valence-electron chi connectivity index (χ1n) is 10.0. The highest BCUT2D eigenvalue weighted by atomic mass is 16.6. The number of carbonyl (C=O) groups excluding carboxylic acids is 2. The van der Waals surface area contributed by atoms with Crippen molar-refractivity contribution in [3.63, 3.8) is 0 Å². The third kappa shape index (κ3) is 5.06. The first kappa shape index (κ1) is 19.7. The Kier molecular flexibility index (Phi) is 6.09. The highest BCUT2D eigenvalue weighted by Crippen LogP contribution is 2.26. The van der Waals surface area contributed by atoms with Crippen LogP contribution in [0.5, 0.6) is 5.75 Å². The summed E-state index contributed by atoms with van der Waals surface area (Å²) in [7, 11) is 0. The molecule has 1 fully saturated rings. The van der Waals surface area contributed by atoms with Gasteiger partial charge in [0.2, 0.25) is 6.10 Å². The summed E-state index contributed by atoms with van der Waals surface area (Å²) < 4.78 is 11.5. The summed E-state index contributed by atoms with van der Waals surface area (Å²) in [5, 5.41) is 2.92. The summed E-state index contributed by atoms with van der Waals surface area (Å²) in [6.45, 7) is 0.329. The van der Waals surface area contributed by atoms with Gasteiger partial charge in [0, 0.05) is 11.6 Å². The molecule has 0 saturated heterocycles. The molecular weight excluding hydrogens is 378 g/mol. The second-order valence-corrected chi connectivity index (χ2v) is 7.25. The predicted molar refractivity (Wildman–Crippen MR) is 113 cm³/mol. The van der Waals surface area contributed by atoms with Crippen molar-refractivity contribution in [2.45, 2.75) is 31.6 Å². The fourth-order valence-electron chi connectivity index (χ4n) is 3.07. The highest BCUT2D eigenvalue weighted by molar-refractivity contribution is 5.95. The summed E-state index contributed by atoms with van der Waals surface area (Å²) in [6, 6.07) is 25.8. The molecular formula is C25H23NO4. The van der Waals surface area contributed by atoms with E-state index in [1.807, 2.05) is 48.5 Å². The second kappa shape index (κ2) is 9.27. The molecule has 3 aromatic rings. The van der Waals surface area contributed by atoms with Crippen LogP contribution in [-0.4, -0.2) is 17.9 Å². The van der Waals surface area contributed by atoms with Crippen molar-refractivity contribution < 1.29 is 19.1 Å². The minimum absolute atomic E-state index is 0.170. The lowest BCUT2D eigenvalue weighted by molar-refractivity contribution is -0.130. The third-order valence-electron chi connectivity index (χ3n) is 4.83. The van der Waals surface area contributed by atoms with Crippen molar-refractivity contribution in [3.8, 4) is 5.75 Å². The second-order valence-electron chi connectivity index (χ2n) is 7.25. The van der Waals surface area contributed by atoms with Crippen molar-refractivity contribution >= 4 is 11.9 Å². The number of benzene rings is 3. The zero-order valence-electron chi connectivity index (χ0n) is 16.5. The molecule has 152 valence electrons. The van der Waals surface area contributed by atoms with E-state index in [4.69, 9.17) is 9.47 Å². The summed E-state index contributed by atoms with van der Waals surface area (Å²) in [6.07, 6.45) is 0.899. The SMILES string of the molecule is O=C(O[C@H](C(=O)NC1CC1)c1ccccc1)c1ccccc1OCc1ccccc1. The minimum Gasteiger partial charge on any atom is -0.488 e. The maximum Gasteiger partial charge on any atom is 0.343 e. The van der Waals surface area contributed by atoms with Gasteiger partial charge in [-0.2, -0.15) is 0 Å². The Morgan fingerprint density at radius 3 is 2.20 bits per heavy atom. The molecule has 0 spiro atoms. The maximum absolute atomic E-state index is 13.0. The van der Waals surface area contributed by atoms with Gasteiger partial charge in [0.05, 0.1) is 0 Å². The van der Waals surface area contributed by atoms with Crippen molar-refractivity contribution in [1.82, 2.24) is 5.32 Å². The molecule has 4 rings (SSSR count). The predicted octanol–water partition coefficient (Wildman–Crippen LogP) is 4.44. The van der Waals surface area contributed by atoms with Gasteiger partial charge in [-0.3, -0.25) is 4.79 Å². The van der Waals surface area contributed by atoms with Crippen LogP contribution in [0.2, 0.25) is 0 Å². The highest BCUT2D eigenvalue weighted by Gasteiger charge is 2.31. The molecule has 0 aliphatic heterocycles. The normalized spacial score (nSPS) is 13.9. The molecule has 0 aromatic heterocycles. The number of esters is 1. The topological polar surface area (TPSA) is 64.6 Å². The molecule has 0 bridgehead atoms. The molecule has 1 aliphatic carbocycles. The third-order valence-corrected chi connectivity index (χ3v) is 4.83. The van der Waals surface area contributed by atoms with Crippen molar-refractivity contribution in [2.75, 3.05) is 0 Å². The Labute approximate surface area is 175 Å². The average molecular weight is 401 g/mol. The fourth-order valence-corrected chi connectivity index (χ4v) is 3.07. The average Bonchev–Trinajstić information content (AvgIpc) is 3.61. The molecule has 1 N–H and O–H groups in total. The quantitative estimate of drug-likeness (QED) is 0.567. The van der Waals surface area contributed by atoms with Gasteiger partial charge >= 0.3 is 5.97 Å². The van der Waals surface area contributed by atoms with Gasteiger partial charge in [-0.1, -0.05) is 72.8 Å². The Bertz CT molecular complexity index is 1000. The lowest BCUT2D eigenvalue weighted by Crippen LogP contribution is -2.33. The van der Waals surface area contributed by atoms with Crippen LogP contribution in [0.15, 0.2) is 84.9 Å². The number of amides is 1. The summed E-state index contributed by atoms with van der Waals surface area (Å²) in [4.78, 5) is 25.7. The summed E-state index contributed by atoms with van der Waals surface area (Å²) >= 11 is 0. The molecule has 0 radical (unpaired) electrons. The number of hydrogen-bond donors (Lipinski definition) is 1. The van der Waals surface area contributed by atoms with E-state index in [0.29, 0.717) is 17.9 Å². The number of para-hydroxylation sites is 1. The number of carbonyl (C=O) groups is 2. The van der Waals surface area contributed by atoms with Crippen LogP contribution in [0.3, 0.4) is 0 Å². The van der Waals surface area contributed by atoms with Gasteiger partial charge in [0.1, 0.15) is 17.9 Å². The summed E-state index contributed by atoms with van der Waals surface area (Å²) in [5.74, 6) is -0.487. The monoisotopic (exact) mass is 401 g/mol. The molecule has 3 aromatic carbocycles. The first-order valence-corrected chi connectivity index (χ1v) is 10.0. The van der Waals surface area contributed by atoms with Crippen LogP contribution in [0.25, 0.3) is 0 Å². The Balaban J connectivity index is 1.51. The molecule has 5 nitrogen and oxygen atoms in total. The van der Waals surface area contributed by atoms with Crippen LogP contribution in [0.4, 0.5) is 0 Å². The number of ether oxygens (including phenoxy) is 2. The molecule has 5 heteroatoms. The van der Waals surface area contributed by atoms with E-state index >= 15 is 0 Å². The zero-order chi connectivity index (χ0) is 20.8. The van der Waals surface area contributed by atoms with Gasteiger partial charge < -0.3 is 14.8 Å². The van der Waals surface area contributed by atoms with Crippen LogP contribution in [0.1, 0.15) is 40.4 Å². The van der Waals surface area contributed by atoms with Crippen molar-refractivity contribution in [2.24, 2.45) is 0 Å². The molecule has 0 unspecified atom stereocenters. The summed E-state index contributed by atoms with van der Waals surface area (Å²) in [5.41, 5.74) is 1.91. The van der Waals surface area contributed by atoms with Gasteiger partial charge in [-0.05, 0) is 30.5 Å². The Morgan fingerprint density at radius 1 is 0.867 bits per heavy atom. The van der Waals surface area contributed by atoms with E-state index in [1.54, 1.807) is 36.4 Å². The van der Waals surface area contributed by atoms with E-state index in [2.05, 4.69) is 5.32 Å². The fraction of sp³-hybridized carbons (Fsp3) is 0.200. The van der Waals surface area contributed by atoms with E-state index < -0.39 is 12.1 Å². The first-order chi connectivity index (χ1) is 14.7. The lowest BCUT2D eigenvalue weighted by Gasteiger charge is -2.19. The van der Waals surface area contributed by atoms with E-state index in [0.717, 1.165) is 18.4 Å². The van der Waals surface area contributed by atoms with E-state index in [-0.39, 0.29) is 17.5 Å². The van der Waals surface area contributed by atoms with Crippen LogP contribution in [-0.2, 0) is 16.1 Å². The van der Waals surface area contributed by atoms with Gasteiger partial charge in [0.25, 0.3) is 5.91 Å². The van der Waals surface area contributed by atoms with Gasteiger partial charge in [0.15, 0.2) is 0 Å². The number of rotatable bonds is 8. The van der Waals surface area contributed by atoms with Gasteiger partial charge in [-0.15, -0.1) is 0 Å².